The zero-order chi connectivity index (χ0) is 24.7. The van der Waals surface area contributed by atoms with Crippen molar-refractivity contribution >= 4 is 41.6 Å². The SMILES string of the molecule is COC(=O)N[C@H]1CCN(c2nc(Cl)nc(NNC(=O)[C@H](CC3CCCC3)CN(O)C=O)c2F)C1. The predicted molar refractivity (Wildman–Crippen MR) is 120 cm³/mol. The van der Waals surface area contributed by atoms with Gasteiger partial charge in [-0.25, -0.2) is 9.86 Å². The number of nitrogens with zero attached hydrogens (tertiary/aromatic N) is 4. The van der Waals surface area contributed by atoms with Crippen molar-refractivity contribution in [2.24, 2.45) is 11.8 Å². The fraction of sp³-hybridized carbons (Fsp3) is 0.650. The van der Waals surface area contributed by atoms with Crippen LogP contribution in [0.1, 0.15) is 38.5 Å². The molecule has 3 amide bonds. The van der Waals surface area contributed by atoms with E-state index in [9.17, 15) is 19.6 Å². The molecule has 188 valence electrons. The van der Waals surface area contributed by atoms with Gasteiger partial charge >= 0.3 is 6.09 Å². The molecule has 2 atom stereocenters. The lowest BCUT2D eigenvalue weighted by Crippen LogP contribution is -2.41. The lowest BCUT2D eigenvalue weighted by Gasteiger charge is -2.23. The summed E-state index contributed by atoms with van der Waals surface area (Å²) in [7, 11) is 1.26. The number of amides is 3. The summed E-state index contributed by atoms with van der Waals surface area (Å²) in [6.07, 6.45) is 4.79. The maximum Gasteiger partial charge on any atom is 0.407 e. The molecular weight excluding hydrogens is 473 g/mol. The number of halogens is 2. The van der Waals surface area contributed by atoms with Crippen LogP contribution in [0.15, 0.2) is 0 Å². The summed E-state index contributed by atoms with van der Waals surface area (Å²) < 4.78 is 19.7. The average molecular weight is 502 g/mol. The van der Waals surface area contributed by atoms with E-state index in [0.29, 0.717) is 30.4 Å². The van der Waals surface area contributed by atoms with E-state index < -0.39 is 23.7 Å². The van der Waals surface area contributed by atoms with Crippen molar-refractivity contribution in [1.29, 1.82) is 0 Å². The topological polar surface area (TPSA) is 149 Å². The van der Waals surface area contributed by atoms with Crippen molar-refractivity contribution in [3.05, 3.63) is 11.1 Å². The lowest BCUT2D eigenvalue weighted by atomic mass is 9.92. The number of aromatic nitrogens is 2. The second-order valence-electron chi connectivity index (χ2n) is 8.47. The summed E-state index contributed by atoms with van der Waals surface area (Å²) in [5.41, 5.74) is 4.86. The molecular formula is C20H29ClFN7O5. The number of nitrogens with one attached hydrogen (secondary N) is 3. The van der Waals surface area contributed by atoms with E-state index in [-0.39, 0.29) is 42.5 Å². The number of carbonyl (C=O) groups excluding carboxylic acids is 3. The van der Waals surface area contributed by atoms with Crippen molar-refractivity contribution in [3.8, 4) is 0 Å². The van der Waals surface area contributed by atoms with Gasteiger partial charge in [0.15, 0.2) is 11.6 Å². The maximum absolute atomic E-state index is 15.2. The minimum absolute atomic E-state index is 0.0732. The first-order valence-corrected chi connectivity index (χ1v) is 11.5. The molecule has 3 rings (SSSR count). The quantitative estimate of drug-likeness (QED) is 0.162. The summed E-state index contributed by atoms with van der Waals surface area (Å²) in [4.78, 5) is 44.4. The molecule has 1 aromatic rings. The molecule has 0 radical (unpaired) electrons. The molecule has 14 heteroatoms. The van der Waals surface area contributed by atoms with Crippen molar-refractivity contribution in [1.82, 2.24) is 25.8 Å². The number of rotatable bonds is 10. The summed E-state index contributed by atoms with van der Waals surface area (Å²) in [6, 6.07) is -0.257. The van der Waals surface area contributed by atoms with Crippen molar-refractivity contribution in [2.75, 3.05) is 37.1 Å². The summed E-state index contributed by atoms with van der Waals surface area (Å²) in [5, 5.41) is 12.4. The number of alkyl carbamates (subject to hydrolysis) is 1. The van der Waals surface area contributed by atoms with Crippen LogP contribution in [0.25, 0.3) is 0 Å². The minimum Gasteiger partial charge on any atom is -0.453 e. The molecule has 2 aliphatic rings. The Labute approximate surface area is 201 Å². The van der Waals surface area contributed by atoms with Crippen LogP contribution >= 0.6 is 11.6 Å². The van der Waals surface area contributed by atoms with Crippen LogP contribution in [0.3, 0.4) is 0 Å². The highest BCUT2D eigenvalue weighted by molar-refractivity contribution is 6.28. The van der Waals surface area contributed by atoms with Crippen LogP contribution in [0.2, 0.25) is 5.28 Å². The Morgan fingerprint density at radius 1 is 1.35 bits per heavy atom. The largest absolute Gasteiger partial charge is 0.453 e. The fourth-order valence-electron chi connectivity index (χ4n) is 4.40. The van der Waals surface area contributed by atoms with Crippen LogP contribution < -0.4 is 21.1 Å². The van der Waals surface area contributed by atoms with Crippen LogP contribution in [0.4, 0.5) is 20.8 Å². The second kappa shape index (κ2) is 12.0. The Morgan fingerprint density at radius 2 is 2.09 bits per heavy atom. The van der Waals surface area contributed by atoms with E-state index in [1.165, 1.54) is 7.11 Å². The van der Waals surface area contributed by atoms with E-state index in [4.69, 9.17) is 11.6 Å². The normalized spacial score (nSPS) is 18.9. The highest BCUT2D eigenvalue weighted by atomic mass is 35.5. The smallest absolute Gasteiger partial charge is 0.407 e. The molecule has 0 spiro atoms. The Balaban J connectivity index is 1.66. The number of methoxy groups -OCH3 is 1. The van der Waals surface area contributed by atoms with Crippen LogP contribution in [-0.4, -0.2) is 71.4 Å². The third-order valence-corrected chi connectivity index (χ3v) is 6.27. The number of ether oxygens (including phenoxy) is 1. The standard InChI is InChI=1S/C20H29ClFN7O5/c1-34-20(32)23-14-6-7-28(10-14)17-15(22)16(24-19(21)25-17)26-27-18(31)13(9-29(33)11-30)8-12-4-2-3-5-12/h11-14,33H,2-10H2,1H3,(H,23,32)(H,27,31)(H,24,25,26)/t13-,14+/m1/s1. The number of carbonyl (C=O) groups is 3. The molecule has 1 aliphatic carbocycles. The van der Waals surface area contributed by atoms with Gasteiger partial charge in [0.05, 0.1) is 25.6 Å². The molecule has 1 saturated heterocycles. The summed E-state index contributed by atoms with van der Waals surface area (Å²) >= 11 is 5.99. The molecule has 12 nitrogen and oxygen atoms in total. The van der Waals surface area contributed by atoms with Crippen molar-refractivity contribution in [2.45, 2.75) is 44.6 Å². The van der Waals surface area contributed by atoms with Crippen LogP contribution in [-0.2, 0) is 14.3 Å². The van der Waals surface area contributed by atoms with E-state index in [0.717, 1.165) is 25.7 Å². The Kier molecular flexibility index (Phi) is 9.05. The maximum atomic E-state index is 15.2. The number of hydrogen-bond acceptors (Lipinski definition) is 9. The zero-order valence-corrected chi connectivity index (χ0v) is 19.6. The second-order valence-corrected chi connectivity index (χ2v) is 8.81. The van der Waals surface area contributed by atoms with Gasteiger partial charge in [-0.15, -0.1) is 0 Å². The number of hydroxylamine groups is 2. The van der Waals surface area contributed by atoms with Gasteiger partial charge in [-0.3, -0.25) is 25.6 Å². The highest BCUT2D eigenvalue weighted by Gasteiger charge is 2.30. The molecule has 2 fully saturated rings. The third-order valence-electron chi connectivity index (χ3n) is 6.10. The van der Waals surface area contributed by atoms with Crippen LogP contribution in [0, 0.1) is 17.7 Å². The lowest BCUT2D eigenvalue weighted by molar-refractivity contribution is -0.154. The monoisotopic (exact) mass is 501 g/mol. The Morgan fingerprint density at radius 3 is 2.76 bits per heavy atom. The van der Waals surface area contributed by atoms with E-state index >= 15 is 4.39 Å². The average Bonchev–Trinajstić information content (AvgIpc) is 3.50. The first-order chi connectivity index (χ1) is 16.3. The van der Waals surface area contributed by atoms with Gasteiger partial charge in [-0.2, -0.15) is 14.4 Å². The Bertz CT molecular complexity index is 889. The van der Waals surface area contributed by atoms with Gasteiger partial charge in [-0.05, 0) is 30.4 Å². The van der Waals surface area contributed by atoms with Crippen LogP contribution in [0.5, 0.6) is 0 Å². The molecule has 2 heterocycles. The first-order valence-electron chi connectivity index (χ1n) is 11.1. The number of hydrogen-bond donors (Lipinski definition) is 4. The molecule has 4 N–H and O–H groups in total. The Hall–Kier alpha value is -2.93. The fourth-order valence-corrected chi connectivity index (χ4v) is 4.57. The van der Waals surface area contributed by atoms with E-state index in [1.54, 1.807) is 4.90 Å². The van der Waals surface area contributed by atoms with Crippen molar-refractivity contribution < 1.29 is 28.7 Å². The summed E-state index contributed by atoms with van der Waals surface area (Å²) in [6.45, 7) is 0.507. The van der Waals surface area contributed by atoms with Crippen molar-refractivity contribution in [3.63, 3.8) is 0 Å². The molecule has 0 bridgehead atoms. The molecule has 34 heavy (non-hydrogen) atoms. The van der Waals surface area contributed by atoms with E-state index in [2.05, 4.69) is 30.9 Å². The molecule has 1 aliphatic heterocycles. The first kappa shape index (κ1) is 25.7. The molecule has 1 aromatic heterocycles. The van der Waals surface area contributed by atoms with Gasteiger partial charge in [0.25, 0.3) is 0 Å². The van der Waals surface area contributed by atoms with Gasteiger partial charge in [-0.1, -0.05) is 25.7 Å². The highest BCUT2D eigenvalue weighted by Crippen LogP contribution is 2.31. The van der Waals surface area contributed by atoms with Gasteiger partial charge in [0, 0.05) is 13.1 Å². The molecule has 0 aromatic carbocycles. The summed E-state index contributed by atoms with van der Waals surface area (Å²) in [5.74, 6) is -2.14. The molecule has 0 unspecified atom stereocenters. The minimum atomic E-state index is -0.826. The zero-order valence-electron chi connectivity index (χ0n) is 18.8. The number of anilines is 2. The van der Waals surface area contributed by atoms with Gasteiger partial charge in [0.1, 0.15) is 0 Å². The van der Waals surface area contributed by atoms with E-state index in [1.807, 2.05) is 0 Å². The third kappa shape index (κ3) is 6.79. The molecule has 1 saturated carbocycles. The predicted octanol–water partition coefficient (Wildman–Crippen LogP) is 1.69. The van der Waals surface area contributed by atoms with Gasteiger partial charge in [0.2, 0.25) is 23.4 Å². The van der Waals surface area contributed by atoms with Gasteiger partial charge < -0.3 is 15.0 Å². The number of hydrazine groups is 1.